The molecule has 0 radical (unpaired) electrons. The molecule has 3 nitrogen and oxygen atoms in total. The van der Waals surface area contributed by atoms with E-state index in [1.807, 2.05) is 0 Å². The van der Waals surface area contributed by atoms with E-state index in [0.717, 1.165) is 6.42 Å². The second kappa shape index (κ2) is 5.41. The maximum absolute atomic E-state index is 11.9. The number of halogens is 1. The molecule has 0 aliphatic heterocycles. The van der Waals surface area contributed by atoms with Gasteiger partial charge in [-0.3, -0.25) is 4.79 Å². The Morgan fingerprint density at radius 2 is 2.06 bits per heavy atom. The van der Waals surface area contributed by atoms with Crippen molar-refractivity contribution in [3.05, 3.63) is 28.8 Å². The topological polar surface area (TPSA) is 55.1 Å². The average Bonchev–Trinajstić information content (AvgIpc) is 2.19. The van der Waals surface area contributed by atoms with Crippen molar-refractivity contribution in [1.29, 1.82) is 0 Å². The highest BCUT2D eigenvalue weighted by molar-refractivity contribution is 6.31. The largest absolute Gasteiger partial charge is 0.398 e. The maximum atomic E-state index is 11.9. The molecule has 0 saturated carbocycles. The molecule has 4 heteroatoms. The molecule has 0 aromatic heterocycles. The van der Waals surface area contributed by atoms with Gasteiger partial charge in [-0.15, -0.1) is 0 Å². The summed E-state index contributed by atoms with van der Waals surface area (Å²) in [6.45, 7) is 7.03. The van der Waals surface area contributed by atoms with Crippen molar-refractivity contribution in [2.75, 3.05) is 12.3 Å². The van der Waals surface area contributed by atoms with Gasteiger partial charge in [0, 0.05) is 17.3 Å². The zero-order valence-corrected chi connectivity index (χ0v) is 11.3. The predicted molar refractivity (Wildman–Crippen MR) is 72.3 cm³/mol. The van der Waals surface area contributed by atoms with Crippen molar-refractivity contribution < 1.29 is 4.79 Å². The Hall–Kier alpha value is -1.22. The average molecular weight is 255 g/mol. The Kier molecular flexibility index (Phi) is 4.40. The van der Waals surface area contributed by atoms with Crippen LogP contribution in [-0.2, 0) is 0 Å². The van der Waals surface area contributed by atoms with Crippen LogP contribution in [0.5, 0.6) is 0 Å². The lowest BCUT2D eigenvalue weighted by atomic mass is 9.92. The molecular weight excluding hydrogens is 236 g/mol. The van der Waals surface area contributed by atoms with E-state index >= 15 is 0 Å². The van der Waals surface area contributed by atoms with E-state index < -0.39 is 0 Å². The minimum atomic E-state index is -0.172. The third-order valence-corrected chi connectivity index (χ3v) is 2.66. The lowest BCUT2D eigenvalue weighted by Crippen LogP contribution is -2.27. The van der Waals surface area contributed by atoms with Crippen molar-refractivity contribution >= 4 is 23.2 Å². The first-order valence-corrected chi connectivity index (χ1v) is 6.00. The highest BCUT2D eigenvalue weighted by Gasteiger charge is 2.13. The van der Waals surface area contributed by atoms with E-state index in [4.69, 9.17) is 17.3 Å². The van der Waals surface area contributed by atoms with Gasteiger partial charge in [0.2, 0.25) is 0 Å². The first-order valence-electron chi connectivity index (χ1n) is 5.63. The van der Waals surface area contributed by atoms with Crippen LogP contribution in [0.4, 0.5) is 5.69 Å². The number of hydrogen-bond acceptors (Lipinski definition) is 2. The molecule has 0 heterocycles. The summed E-state index contributed by atoms with van der Waals surface area (Å²) in [6, 6.07) is 4.90. The molecule has 17 heavy (non-hydrogen) atoms. The Labute approximate surface area is 107 Å². The van der Waals surface area contributed by atoms with E-state index in [1.54, 1.807) is 18.2 Å². The minimum Gasteiger partial charge on any atom is -0.398 e. The molecule has 1 amide bonds. The van der Waals surface area contributed by atoms with Crippen molar-refractivity contribution in [2.24, 2.45) is 5.41 Å². The van der Waals surface area contributed by atoms with Gasteiger partial charge in [0.05, 0.1) is 5.56 Å². The fourth-order valence-corrected chi connectivity index (χ4v) is 1.54. The molecule has 0 aliphatic rings. The van der Waals surface area contributed by atoms with E-state index in [9.17, 15) is 4.79 Å². The third kappa shape index (κ3) is 4.65. The molecule has 1 rings (SSSR count). The molecule has 3 N–H and O–H groups in total. The number of nitrogens with one attached hydrogen (secondary N) is 1. The van der Waals surface area contributed by atoms with Crippen LogP contribution in [0.2, 0.25) is 5.02 Å². The molecule has 0 atom stereocenters. The van der Waals surface area contributed by atoms with Gasteiger partial charge in [-0.25, -0.2) is 0 Å². The first kappa shape index (κ1) is 13.8. The minimum absolute atomic E-state index is 0.172. The van der Waals surface area contributed by atoms with Crippen LogP contribution in [0.1, 0.15) is 37.6 Å². The molecule has 0 unspecified atom stereocenters. The van der Waals surface area contributed by atoms with Gasteiger partial charge in [-0.05, 0) is 30.0 Å². The number of nitrogens with two attached hydrogens (primary N) is 1. The second-order valence-electron chi connectivity index (χ2n) is 5.30. The van der Waals surface area contributed by atoms with Gasteiger partial charge in [-0.1, -0.05) is 32.4 Å². The Balaban J connectivity index is 2.61. The fraction of sp³-hybridized carbons (Fsp3) is 0.462. The summed E-state index contributed by atoms with van der Waals surface area (Å²) < 4.78 is 0. The second-order valence-corrected chi connectivity index (χ2v) is 5.73. The van der Waals surface area contributed by atoms with E-state index in [0.29, 0.717) is 22.8 Å². The molecule has 0 aliphatic carbocycles. The summed E-state index contributed by atoms with van der Waals surface area (Å²) in [5.41, 5.74) is 6.81. The number of hydrogen-bond donors (Lipinski definition) is 2. The number of carbonyl (C=O) groups excluding carboxylic acids is 1. The Morgan fingerprint density at radius 3 is 2.65 bits per heavy atom. The summed E-state index contributed by atoms with van der Waals surface area (Å²) >= 11 is 5.83. The molecule has 1 aromatic rings. The van der Waals surface area contributed by atoms with Crippen molar-refractivity contribution in [1.82, 2.24) is 5.32 Å². The molecule has 1 aromatic carbocycles. The van der Waals surface area contributed by atoms with Gasteiger partial charge in [0.1, 0.15) is 0 Å². The van der Waals surface area contributed by atoms with Crippen molar-refractivity contribution in [3.63, 3.8) is 0 Å². The molecule has 0 spiro atoms. The quantitative estimate of drug-likeness (QED) is 0.815. The van der Waals surface area contributed by atoms with Gasteiger partial charge >= 0.3 is 0 Å². The van der Waals surface area contributed by atoms with Crippen molar-refractivity contribution in [2.45, 2.75) is 27.2 Å². The predicted octanol–water partition coefficient (Wildman–Crippen LogP) is 3.09. The smallest absolute Gasteiger partial charge is 0.253 e. The summed E-state index contributed by atoms with van der Waals surface area (Å²) in [7, 11) is 0. The zero-order valence-electron chi connectivity index (χ0n) is 10.5. The molecule has 0 bridgehead atoms. The first-order chi connectivity index (χ1) is 7.79. The Bertz CT molecular complexity index is 410. The Morgan fingerprint density at radius 1 is 1.41 bits per heavy atom. The number of anilines is 1. The molecule has 0 saturated heterocycles. The highest BCUT2D eigenvalue weighted by atomic mass is 35.5. The number of amides is 1. The number of benzene rings is 1. The number of carbonyl (C=O) groups is 1. The van der Waals surface area contributed by atoms with E-state index in [1.165, 1.54) is 0 Å². The lowest BCUT2D eigenvalue weighted by Gasteiger charge is -2.18. The molecule has 94 valence electrons. The fourth-order valence-electron chi connectivity index (χ4n) is 1.37. The number of nitrogen functional groups attached to an aromatic ring is 1. The van der Waals surface area contributed by atoms with Crippen LogP contribution < -0.4 is 11.1 Å². The summed E-state index contributed by atoms with van der Waals surface area (Å²) in [4.78, 5) is 11.9. The summed E-state index contributed by atoms with van der Waals surface area (Å²) in [5.74, 6) is -0.172. The summed E-state index contributed by atoms with van der Waals surface area (Å²) in [5, 5.41) is 3.36. The summed E-state index contributed by atoms with van der Waals surface area (Å²) in [6.07, 6.45) is 0.916. The van der Waals surface area contributed by atoms with Crippen LogP contribution in [0.25, 0.3) is 0 Å². The normalized spacial score (nSPS) is 11.3. The van der Waals surface area contributed by atoms with E-state index in [-0.39, 0.29) is 11.3 Å². The monoisotopic (exact) mass is 254 g/mol. The van der Waals surface area contributed by atoms with Gasteiger partial charge in [0.15, 0.2) is 0 Å². The van der Waals surface area contributed by atoms with E-state index in [2.05, 4.69) is 26.1 Å². The van der Waals surface area contributed by atoms with Crippen LogP contribution in [-0.4, -0.2) is 12.5 Å². The molecule has 0 fully saturated rings. The van der Waals surface area contributed by atoms with Gasteiger partial charge in [0.25, 0.3) is 5.91 Å². The van der Waals surface area contributed by atoms with Crippen LogP contribution in [0.15, 0.2) is 18.2 Å². The highest BCUT2D eigenvalue weighted by Crippen LogP contribution is 2.19. The number of rotatable bonds is 3. The lowest BCUT2D eigenvalue weighted by molar-refractivity contribution is 0.0950. The van der Waals surface area contributed by atoms with Crippen LogP contribution >= 0.6 is 11.6 Å². The van der Waals surface area contributed by atoms with Gasteiger partial charge < -0.3 is 11.1 Å². The SMILES string of the molecule is CC(C)(C)CCNC(=O)c1cc(Cl)ccc1N. The maximum Gasteiger partial charge on any atom is 0.253 e. The zero-order chi connectivity index (χ0) is 13.1. The van der Waals surface area contributed by atoms with Crippen LogP contribution in [0.3, 0.4) is 0 Å². The third-order valence-electron chi connectivity index (χ3n) is 2.42. The molecular formula is C13H19ClN2O. The van der Waals surface area contributed by atoms with Crippen LogP contribution in [0, 0.1) is 5.41 Å². The van der Waals surface area contributed by atoms with Crippen molar-refractivity contribution in [3.8, 4) is 0 Å². The van der Waals surface area contributed by atoms with Gasteiger partial charge in [-0.2, -0.15) is 0 Å². The standard InChI is InChI=1S/C13H19ClN2O/c1-13(2,3)6-7-16-12(17)10-8-9(14)4-5-11(10)15/h4-5,8H,6-7,15H2,1-3H3,(H,16,17).